The van der Waals surface area contributed by atoms with Crippen LogP contribution in [0.5, 0.6) is 0 Å². The van der Waals surface area contributed by atoms with Crippen LogP contribution >= 0.6 is 45.6 Å². The van der Waals surface area contributed by atoms with Gasteiger partial charge in [0.05, 0.1) is 17.8 Å². The molecule has 33 heavy (non-hydrogen) atoms. The molecule has 1 aromatic carbocycles. The van der Waals surface area contributed by atoms with Crippen LogP contribution in [0, 0.1) is 0 Å². The third-order valence-corrected chi connectivity index (χ3v) is 7.12. The monoisotopic (exact) mass is 672 g/mol. The molecule has 0 saturated heterocycles. The number of aliphatic hydroxyl groups excluding tert-OH is 1. The van der Waals surface area contributed by atoms with E-state index in [1.807, 2.05) is 22.9 Å². The zero-order valence-electron chi connectivity index (χ0n) is 17.8. The van der Waals surface area contributed by atoms with Gasteiger partial charge in [0, 0.05) is 33.2 Å². The van der Waals surface area contributed by atoms with Gasteiger partial charge in [-0.05, 0) is 53.5 Å². The number of rotatable bonds is 9. The second-order valence-electron chi connectivity index (χ2n) is 7.96. The summed E-state index contributed by atoms with van der Waals surface area (Å²) in [5.41, 5.74) is 2.42. The number of pyridine rings is 1. The second kappa shape index (κ2) is 11.1. The summed E-state index contributed by atoms with van der Waals surface area (Å²) in [6.07, 6.45) is 11.6. The lowest BCUT2D eigenvalue weighted by Gasteiger charge is -2.16. The topological polar surface area (TPSA) is 89.9 Å². The number of aliphatic hydroxyl groups is 2. The first kappa shape index (κ1) is 24.3. The van der Waals surface area contributed by atoms with E-state index in [0.29, 0.717) is 24.8 Å². The molecular formula is C24H24I2N3O4+. The molecule has 2 N–H and O–H groups in total. The fraction of sp³-hybridized carbons (Fsp3) is 0.292. The Labute approximate surface area is 219 Å². The molecule has 2 heterocycles. The summed E-state index contributed by atoms with van der Waals surface area (Å²) in [5.74, 6) is 0.0845. The van der Waals surface area contributed by atoms with Crippen LogP contribution in [0.25, 0.3) is 10.9 Å². The Morgan fingerprint density at radius 1 is 1.30 bits per heavy atom. The first-order valence-electron chi connectivity index (χ1n) is 10.7. The molecule has 0 radical (unpaired) electrons. The van der Waals surface area contributed by atoms with Gasteiger partial charge in [-0.15, -0.1) is 0 Å². The van der Waals surface area contributed by atoms with Gasteiger partial charge in [0.2, 0.25) is 0 Å². The molecule has 0 aliphatic heterocycles. The third-order valence-electron chi connectivity index (χ3n) is 5.67. The molecule has 1 aliphatic rings. The lowest BCUT2D eigenvalue weighted by atomic mass is 10.0. The van der Waals surface area contributed by atoms with E-state index < -0.39 is 6.29 Å². The fourth-order valence-corrected chi connectivity index (χ4v) is 4.65. The van der Waals surface area contributed by atoms with E-state index in [2.05, 4.69) is 49.0 Å². The first-order valence-corrected chi connectivity index (χ1v) is 12.7. The van der Waals surface area contributed by atoms with Crippen LogP contribution in [0.1, 0.15) is 41.2 Å². The number of hydrogen-bond donors (Lipinski definition) is 1. The maximum atomic E-state index is 13.0. The standard InChI is InChI=1S/C24H23I2N3O4/c25-17-8-10-18(11-9-17)29-21-5-2-4-19(20(21)13-27-29)22(30)6-1-3-16-7-12-23(31)28(14-16)15-24(32)33-26/h2,4-5,7-10,12-14,18,24,32H,1,3,6,11,15H2/p+1. The van der Waals surface area contributed by atoms with Crippen LogP contribution in [0.4, 0.5) is 0 Å². The van der Waals surface area contributed by atoms with Crippen molar-refractivity contribution in [1.82, 2.24) is 14.3 Å². The van der Waals surface area contributed by atoms with Crippen molar-refractivity contribution in [3.05, 3.63) is 86.0 Å². The van der Waals surface area contributed by atoms with Gasteiger partial charge in [-0.3, -0.25) is 14.3 Å². The van der Waals surface area contributed by atoms with E-state index in [4.69, 9.17) is 0 Å². The normalized spacial score (nSPS) is 16.7. The molecule has 0 spiro atoms. The van der Waals surface area contributed by atoms with Crippen LogP contribution in [0.15, 0.2) is 69.3 Å². The predicted octanol–water partition coefficient (Wildman–Crippen LogP) is 4.42. The lowest BCUT2D eigenvalue weighted by molar-refractivity contribution is -0.0764. The fourth-order valence-electron chi connectivity index (χ4n) is 4.01. The maximum Gasteiger partial charge on any atom is 0.399 e. The summed E-state index contributed by atoms with van der Waals surface area (Å²) in [5, 5.41) is 15.2. The molecule has 0 bridgehead atoms. The largest absolute Gasteiger partial charge is 0.399 e. The number of aryl methyl sites for hydroxylation is 1. The van der Waals surface area contributed by atoms with Crippen molar-refractivity contribution in [2.24, 2.45) is 0 Å². The van der Waals surface area contributed by atoms with Crippen molar-refractivity contribution in [3.63, 3.8) is 0 Å². The number of Topliss-reactive ketones (excluding diaryl/α,β-unsaturated/α-hetero) is 1. The quantitative estimate of drug-likeness (QED) is 0.158. The highest BCUT2D eigenvalue weighted by Crippen LogP contribution is 2.29. The van der Waals surface area contributed by atoms with Crippen LogP contribution in [0.2, 0.25) is 0 Å². The summed E-state index contributed by atoms with van der Waals surface area (Å²) >= 11 is 4.04. The number of hydrogen-bond acceptors (Lipinski definition) is 4. The summed E-state index contributed by atoms with van der Waals surface area (Å²) in [4.78, 5) is 25.0. The average molecular weight is 672 g/mol. The van der Waals surface area contributed by atoms with Crippen molar-refractivity contribution >= 4 is 62.3 Å². The lowest BCUT2D eigenvalue weighted by Crippen LogP contribution is -2.27. The molecule has 2 unspecified atom stereocenters. The van der Waals surface area contributed by atoms with Crippen molar-refractivity contribution in [2.75, 3.05) is 0 Å². The average Bonchev–Trinajstić information content (AvgIpc) is 3.25. The first-order chi connectivity index (χ1) is 16.0. The van der Waals surface area contributed by atoms with Crippen LogP contribution in [-0.2, 0) is 13.0 Å². The second-order valence-corrected chi connectivity index (χ2v) is 9.76. The highest BCUT2D eigenvalue weighted by molar-refractivity contribution is 14.1. The highest BCUT2D eigenvalue weighted by Gasteiger charge is 2.18. The summed E-state index contributed by atoms with van der Waals surface area (Å²) < 4.78 is 8.41. The molecule has 0 fully saturated rings. The number of aromatic nitrogens is 3. The Morgan fingerprint density at radius 2 is 2.15 bits per heavy atom. The number of halogens is 2. The molecule has 0 amide bonds. The Balaban J connectivity index is 1.43. The molecule has 0 saturated carbocycles. The molecule has 3 aromatic rings. The SMILES string of the molecule is O=C(CCCc1ccc(=O)n(CC(O)[OH+]I)c1)c1cccc2c1cnn2C1C=CC(I)=CC1. The number of ketones is 1. The van der Waals surface area contributed by atoms with Crippen molar-refractivity contribution in [1.29, 1.82) is 0 Å². The summed E-state index contributed by atoms with van der Waals surface area (Å²) in [6.45, 7) is 0.117. The zero-order chi connectivity index (χ0) is 23.4. The number of benzene rings is 1. The van der Waals surface area contributed by atoms with E-state index in [9.17, 15) is 14.7 Å². The number of carbonyl (C=O) groups is 1. The minimum absolute atomic E-state index is 0.0845. The molecule has 1 aliphatic carbocycles. The van der Waals surface area contributed by atoms with Crippen molar-refractivity contribution < 1.29 is 13.0 Å². The summed E-state index contributed by atoms with van der Waals surface area (Å²) in [6, 6.07) is 9.21. The molecule has 172 valence electrons. The van der Waals surface area contributed by atoms with Gasteiger partial charge in [0.25, 0.3) is 11.8 Å². The zero-order valence-corrected chi connectivity index (χ0v) is 22.1. The van der Waals surface area contributed by atoms with E-state index in [1.165, 1.54) is 14.2 Å². The molecular weight excluding hydrogens is 648 g/mol. The van der Waals surface area contributed by atoms with Gasteiger partial charge in [0.15, 0.2) is 5.78 Å². The van der Waals surface area contributed by atoms with Gasteiger partial charge in [-0.1, -0.05) is 36.4 Å². The van der Waals surface area contributed by atoms with Crippen molar-refractivity contribution in [3.8, 4) is 0 Å². The Bertz CT molecular complexity index is 1280. The van der Waals surface area contributed by atoms with Gasteiger partial charge >= 0.3 is 23.0 Å². The van der Waals surface area contributed by atoms with Crippen LogP contribution in [-0.4, -0.2) is 34.6 Å². The molecule has 2 atom stereocenters. The number of nitrogens with zero attached hydrogens (tertiary/aromatic N) is 3. The van der Waals surface area contributed by atoms with E-state index in [0.717, 1.165) is 22.9 Å². The molecule has 9 heteroatoms. The number of allylic oxidation sites excluding steroid dienone is 4. The van der Waals surface area contributed by atoms with Crippen LogP contribution < -0.4 is 5.56 Å². The molecule has 4 rings (SSSR count). The van der Waals surface area contributed by atoms with E-state index in [1.54, 1.807) is 41.5 Å². The third kappa shape index (κ3) is 5.81. The Hall–Kier alpha value is -1.83. The minimum Gasteiger partial charge on any atom is -0.350 e. The molecule has 2 aromatic heterocycles. The van der Waals surface area contributed by atoms with Crippen LogP contribution in [0.3, 0.4) is 0 Å². The summed E-state index contributed by atoms with van der Waals surface area (Å²) in [7, 11) is 0. The minimum atomic E-state index is -0.926. The highest BCUT2D eigenvalue weighted by atomic mass is 127. The maximum absolute atomic E-state index is 13.0. The van der Waals surface area contributed by atoms with Gasteiger partial charge in [-0.25, -0.2) is 0 Å². The van der Waals surface area contributed by atoms with Gasteiger partial charge in [-0.2, -0.15) is 5.10 Å². The Kier molecular flexibility index (Phi) is 8.15. The van der Waals surface area contributed by atoms with Gasteiger partial charge < -0.3 is 12.7 Å². The smallest absolute Gasteiger partial charge is 0.350 e. The number of fused-ring (bicyclic) bond motifs is 1. The predicted molar refractivity (Wildman–Crippen MR) is 145 cm³/mol. The molecule has 7 nitrogen and oxygen atoms in total. The van der Waals surface area contributed by atoms with E-state index >= 15 is 0 Å². The van der Waals surface area contributed by atoms with Gasteiger partial charge in [0.1, 0.15) is 6.54 Å². The number of carbonyl (C=O) groups excluding carboxylic acids is 1. The Morgan fingerprint density at radius 3 is 2.91 bits per heavy atom. The van der Waals surface area contributed by atoms with E-state index in [-0.39, 0.29) is 23.9 Å². The van der Waals surface area contributed by atoms with Crippen molar-refractivity contribution in [2.45, 2.75) is 44.6 Å².